The number of hydrogen-bond acceptors (Lipinski definition) is 10. The van der Waals surface area contributed by atoms with Gasteiger partial charge in [-0.3, -0.25) is 0 Å². The minimum atomic E-state index is -3.62. The number of rotatable bonds is 6. The van der Waals surface area contributed by atoms with Gasteiger partial charge in [0.2, 0.25) is 5.71 Å². The first kappa shape index (κ1) is 21.2. The highest BCUT2D eigenvalue weighted by molar-refractivity contribution is 7.90. The maximum Gasteiger partial charge on any atom is 0.342 e. The number of benzene rings is 1. The van der Waals surface area contributed by atoms with Crippen LogP contribution in [0, 0.1) is 6.92 Å². The van der Waals surface area contributed by atoms with Crippen molar-refractivity contribution in [2.75, 3.05) is 18.6 Å². The van der Waals surface area contributed by atoms with Gasteiger partial charge in [-0.1, -0.05) is 12.1 Å². The molecule has 0 bridgehead atoms. The summed E-state index contributed by atoms with van der Waals surface area (Å²) < 4.78 is 39.4. The fraction of sp³-hybridized carbons (Fsp3) is 0.263. The largest absolute Gasteiger partial charge is 0.462 e. The van der Waals surface area contributed by atoms with Gasteiger partial charge in [0.05, 0.1) is 22.5 Å². The fourth-order valence-corrected chi connectivity index (χ4v) is 3.74. The van der Waals surface area contributed by atoms with Gasteiger partial charge in [-0.05, 0) is 26.0 Å². The number of esters is 2. The lowest BCUT2D eigenvalue weighted by molar-refractivity contribution is 0.0457. The normalized spacial score (nSPS) is 11.4. The summed E-state index contributed by atoms with van der Waals surface area (Å²) in [7, 11) is -3.62. The Morgan fingerprint density at radius 2 is 1.83 bits per heavy atom. The van der Waals surface area contributed by atoms with Gasteiger partial charge in [0.1, 0.15) is 17.1 Å². The van der Waals surface area contributed by atoms with Crippen molar-refractivity contribution in [3.63, 3.8) is 0 Å². The lowest BCUT2D eigenvalue weighted by Crippen LogP contribution is -2.13. The predicted molar refractivity (Wildman–Crippen MR) is 106 cm³/mol. The first-order chi connectivity index (χ1) is 14.1. The highest BCUT2D eigenvalue weighted by Crippen LogP contribution is 2.29. The Balaban J connectivity index is 1.88. The van der Waals surface area contributed by atoms with Crippen molar-refractivity contribution >= 4 is 38.7 Å². The molecule has 2 aromatic heterocycles. The van der Waals surface area contributed by atoms with Crippen LogP contribution in [0.3, 0.4) is 0 Å². The standard InChI is InChI=1S/C19H19N3O7S/c1-4-27-19(24)14-10(2)29-17-15(14)16(20)21-13(22-17)9-28-18(23)11-7-5-6-8-12(11)30(3,25)26/h5-8H,4,9H2,1-3H3,(H2,20,21,22). The van der Waals surface area contributed by atoms with Gasteiger partial charge in [0, 0.05) is 6.26 Å². The van der Waals surface area contributed by atoms with E-state index in [1.54, 1.807) is 13.8 Å². The third-order valence-electron chi connectivity index (χ3n) is 4.12. The molecule has 1 aromatic carbocycles. The van der Waals surface area contributed by atoms with E-state index in [0.29, 0.717) is 0 Å². The maximum absolute atomic E-state index is 12.4. The molecule has 3 aromatic rings. The lowest BCUT2D eigenvalue weighted by Gasteiger charge is -2.08. The van der Waals surface area contributed by atoms with Crippen LogP contribution >= 0.6 is 0 Å². The third-order valence-corrected chi connectivity index (χ3v) is 5.28. The van der Waals surface area contributed by atoms with Crippen LogP contribution < -0.4 is 5.73 Å². The highest BCUT2D eigenvalue weighted by Gasteiger charge is 2.24. The van der Waals surface area contributed by atoms with Gasteiger partial charge in [-0.15, -0.1) is 0 Å². The fourth-order valence-electron chi connectivity index (χ4n) is 2.86. The molecule has 0 atom stereocenters. The summed E-state index contributed by atoms with van der Waals surface area (Å²) in [5.74, 6) is -1.22. The van der Waals surface area contributed by atoms with E-state index in [4.69, 9.17) is 19.6 Å². The summed E-state index contributed by atoms with van der Waals surface area (Å²) in [6.07, 6.45) is 0.997. The molecule has 11 heteroatoms. The van der Waals surface area contributed by atoms with Gasteiger partial charge in [-0.25, -0.2) is 23.0 Å². The van der Waals surface area contributed by atoms with Gasteiger partial charge in [0.25, 0.3) is 0 Å². The Labute approximate surface area is 171 Å². The Bertz CT molecular complexity index is 1250. The van der Waals surface area contributed by atoms with Gasteiger partial charge < -0.3 is 19.6 Å². The smallest absolute Gasteiger partial charge is 0.342 e. The minimum absolute atomic E-state index is 0.0225. The average Bonchev–Trinajstić information content (AvgIpc) is 3.02. The number of aryl methyl sites for hydroxylation is 1. The number of aromatic nitrogens is 2. The van der Waals surface area contributed by atoms with Crippen molar-refractivity contribution < 1.29 is 31.9 Å². The molecule has 0 unspecified atom stereocenters. The summed E-state index contributed by atoms with van der Waals surface area (Å²) in [4.78, 5) is 32.6. The Kier molecular flexibility index (Phi) is 5.74. The number of nitrogen functional groups attached to an aromatic ring is 1. The van der Waals surface area contributed by atoms with Crippen LogP contribution in [0.15, 0.2) is 33.6 Å². The Hall–Kier alpha value is -3.47. The molecule has 0 aliphatic carbocycles. The summed E-state index contributed by atoms with van der Waals surface area (Å²) in [6.45, 7) is 3.03. The molecule has 0 amide bonds. The zero-order valence-corrected chi connectivity index (χ0v) is 17.3. The first-order valence-corrected chi connectivity index (χ1v) is 10.7. The van der Waals surface area contributed by atoms with E-state index in [1.807, 2.05) is 0 Å². The number of carbonyl (C=O) groups is 2. The second kappa shape index (κ2) is 8.11. The highest BCUT2D eigenvalue weighted by atomic mass is 32.2. The molecule has 0 aliphatic heterocycles. The van der Waals surface area contributed by atoms with Crippen LogP contribution in [-0.4, -0.2) is 43.2 Å². The molecule has 30 heavy (non-hydrogen) atoms. The molecule has 0 radical (unpaired) electrons. The third kappa shape index (κ3) is 4.10. The number of furan rings is 1. The van der Waals surface area contributed by atoms with E-state index >= 15 is 0 Å². The number of hydrogen-bond donors (Lipinski definition) is 1. The van der Waals surface area contributed by atoms with E-state index < -0.39 is 21.8 Å². The zero-order chi connectivity index (χ0) is 22.1. The van der Waals surface area contributed by atoms with E-state index in [0.717, 1.165) is 6.26 Å². The molecule has 0 saturated carbocycles. The van der Waals surface area contributed by atoms with Crippen LogP contribution in [0.1, 0.15) is 39.2 Å². The quantitative estimate of drug-likeness (QED) is 0.572. The lowest BCUT2D eigenvalue weighted by atomic mass is 10.2. The number of fused-ring (bicyclic) bond motifs is 1. The van der Waals surface area contributed by atoms with Crippen molar-refractivity contribution in [3.8, 4) is 0 Å². The van der Waals surface area contributed by atoms with Crippen LogP contribution in [0.25, 0.3) is 11.1 Å². The van der Waals surface area contributed by atoms with Crippen molar-refractivity contribution in [1.82, 2.24) is 9.97 Å². The van der Waals surface area contributed by atoms with Crippen molar-refractivity contribution in [1.29, 1.82) is 0 Å². The van der Waals surface area contributed by atoms with Crippen molar-refractivity contribution in [3.05, 3.63) is 47.0 Å². The Morgan fingerprint density at radius 3 is 2.50 bits per heavy atom. The minimum Gasteiger partial charge on any atom is -0.462 e. The molecular formula is C19H19N3O7S. The second-order valence-corrected chi connectivity index (χ2v) is 8.29. The van der Waals surface area contributed by atoms with E-state index in [9.17, 15) is 18.0 Å². The molecule has 0 spiro atoms. The molecule has 158 valence electrons. The monoisotopic (exact) mass is 433 g/mol. The number of carbonyl (C=O) groups excluding carboxylic acids is 2. The molecule has 0 saturated heterocycles. The first-order valence-electron chi connectivity index (χ1n) is 8.82. The van der Waals surface area contributed by atoms with Gasteiger partial charge >= 0.3 is 11.9 Å². The summed E-state index contributed by atoms with van der Waals surface area (Å²) in [6, 6.07) is 5.69. The van der Waals surface area contributed by atoms with E-state index in [2.05, 4.69) is 9.97 Å². The SMILES string of the molecule is CCOC(=O)c1c(C)oc2nc(COC(=O)c3ccccc3S(C)(=O)=O)nc(N)c12. The number of nitrogens with two attached hydrogens (primary N) is 1. The number of sulfone groups is 1. The molecule has 2 heterocycles. The maximum atomic E-state index is 12.4. The summed E-state index contributed by atoms with van der Waals surface area (Å²) in [5, 5.41) is 0.212. The zero-order valence-electron chi connectivity index (χ0n) is 16.5. The molecule has 0 aliphatic rings. The topological polar surface area (TPSA) is 152 Å². The molecule has 0 fully saturated rings. The molecule has 2 N–H and O–H groups in total. The van der Waals surface area contributed by atoms with Crippen molar-refractivity contribution in [2.24, 2.45) is 0 Å². The average molecular weight is 433 g/mol. The molecule has 10 nitrogen and oxygen atoms in total. The predicted octanol–water partition coefficient (Wildman–Crippen LogP) is 2.05. The van der Waals surface area contributed by atoms with E-state index in [-0.39, 0.29) is 57.7 Å². The van der Waals surface area contributed by atoms with E-state index in [1.165, 1.54) is 24.3 Å². The number of nitrogens with zero attached hydrogens (tertiary/aromatic N) is 2. The summed E-state index contributed by atoms with van der Waals surface area (Å²) in [5.41, 5.74) is 6.04. The molecular weight excluding hydrogens is 414 g/mol. The summed E-state index contributed by atoms with van der Waals surface area (Å²) >= 11 is 0. The number of anilines is 1. The van der Waals surface area contributed by atoms with Crippen molar-refractivity contribution in [2.45, 2.75) is 25.3 Å². The van der Waals surface area contributed by atoms with Crippen LogP contribution in [-0.2, 0) is 25.9 Å². The Morgan fingerprint density at radius 1 is 1.13 bits per heavy atom. The van der Waals surface area contributed by atoms with Gasteiger partial charge in [0.15, 0.2) is 22.3 Å². The van der Waals surface area contributed by atoms with Crippen LogP contribution in [0.4, 0.5) is 5.82 Å². The number of ether oxygens (including phenoxy) is 2. The van der Waals surface area contributed by atoms with Crippen LogP contribution in [0.2, 0.25) is 0 Å². The van der Waals surface area contributed by atoms with Crippen LogP contribution in [0.5, 0.6) is 0 Å². The second-order valence-electron chi connectivity index (χ2n) is 6.30. The molecule has 3 rings (SSSR count). The van der Waals surface area contributed by atoms with Gasteiger partial charge in [-0.2, -0.15) is 4.98 Å².